The van der Waals surface area contributed by atoms with Gasteiger partial charge in [0.15, 0.2) is 0 Å². The Labute approximate surface area is 114 Å². The molecule has 0 spiro atoms. The van der Waals surface area contributed by atoms with E-state index in [1.807, 2.05) is 13.0 Å². The lowest BCUT2D eigenvalue weighted by molar-refractivity contribution is 0.195. The molecule has 0 saturated carbocycles. The first-order valence-electron chi connectivity index (χ1n) is 6.88. The van der Waals surface area contributed by atoms with Gasteiger partial charge in [0.05, 0.1) is 12.1 Å². The molecule has 1 unspecified atom stereocenters. The van der Waals surface area contributed by atoms with Gasteiger partial charge in [0, 0.05) is 12.2 Å². The minimum atomic E-state index is -0.328. The Kier molecular flexibility index (Phi) is 4.42. The number of halogens is 1. The van der Waals surface area contributed by atoms with Crippen LogP contribution in [0.3, 0.4) is 0 Å². The molecule has 19 heavy (non-hydrogen) atoms. The molecule has 0 amide bonds. The fourth-order valence-electron chi connectivity index (χ4n) is 2.77. The number of anilines is 1. The first kappa shape index (κ1) is 14.3. The van der Waals surface area contributed by atoms with E-state index in [4.69, 9.17) is 0 Å². The van der Waals surface area contributed by atoms with Gasteiger partial charge >= 0.3 is 0 Å². The average molecular weight is 266 g/mol. The first-order chi connectivity index (χ1) is 9.03. The minimum Gasteiger partial charge on any atom is -0.394 e. The van der Waals surface area contributed by atoms with E-state index in [2.05, 4.69) is 17.3 Å². The number of benzene rings is 1. The molecule has 1 aliphatic heterocycles. The van der Waals surface area contributed by atoms with Crippen LogP contribution in [0.1, 0.15) is 24.8 Å². The summed E-state index contributed by atoms with van der Waals surface area (Å²) in [6.07, 6.45) is 2.82. The Balaban J connectivity index is 2.17. The second-order valence-electron chi connectivity index (χ2n) is 5.74. The molecule has 1 aromatic rings. The summed E-state index contributed by atoms with van der Waals surface area (Å²) in [4.78, 5) is 2.27. The Morgan fingerprint density at radius 2 is 2.11 bits per heavy atom. The van der Waals surface area contributed by atoms with Crippen molar-refractivity contribution in [2.75, 3.05) is 32.1 Å². The predicted molar refractivity (Wildman–Crippen MR) is 75.9 cm³/mol. The molecule has 3 nitrogen and oxygen atoms in total. The predicted octanol–water partition coefficient (Wildman–Crippen LogP) is 2.39. The number of aliphatic hydroxyl groups is 1. The summed E-state index contributed by atoms with van der Waals surface area (Å²) >= 11 is 0. The molecule has 1 fully saturated rings. The highest BCUT2D eigenvalue weighted by atomic mass is 19.1. The third kappa shape index (κ3) is 3.67. The van der Waals surface area contributed by atoms with Crippen LogP contribution in [0.2, 0.25) is 0 Å². The van der Waals surface area contributed by atoms with Crippen LogP contribution >= 0.6 is 0 Å². The summed E-state index contributed by atoms with van der Waals surface area (Å²) in [6, 6.07) is 4.94. The van der Waals surface area contributed by atoms with E-state index in [0.717, 1.165) is 43.6 Å². The van der Waals surface area contributed by atoms with E-state index < -0.39 is 0 Å². The van der Waals surface area contributed by atoms with Gasteiger partial charge in [0.2, 0.25) is 0 Å². The van der Waals surface area contributed by atoms with E-state index in [1.165, 1.54) is 12.1 Å². The molecule has 1 atom stereocenters. The zero-order valence-electron chi connectivity index (χ0n) is 11.7. The van der Waals surface area contributed by atoms with Crippen molar-refractivity contribution in [2.45, 2.75) is 31.7 Å². The molecular weight excluding hydrogens is 243 g/mol. The largest absolute Gasteiger partial charge is 0.394 e. The van der Waals surface area contributed by atoms with Crippen LogP contribution < -0.4 is 5.32 Å². The molecule has 0 radical (unpaired) electrons. The van der Waals surface area contributed by atoms with Crippen LogP contribution in [-0.4, -0.2) is 42.3 Å². The number of hydrogen-bond donors (Lipinski definition) is 2. The Morgan fingerprint density at radius 3 is 2.79 bits per heavy atom. The summed E-state index contributed by atoms with van der Waals surface area (Å²) in [5.74, 6) is -0.235. The SMILES string of the molecule is Cc1cc(F)cc(NC2(CO)CCCN(C)CC2)c1. The van der Waals surface area contributed by atoms with Crippen molar-refractivity contribution in [1.82, 2.24) is 4.90 Å². The van der Waals surface area contributed by atoms with E-state index in [1.54, 1.807) is 0 Å². The van der Waals surface area contributed by atoms with Gasteiger partial charge in [0.25, 0.3) is 0 Å². The molecule has 2 N–H and O–H groups in total. The number of nitrogens with zero attached hydrogens (tertiary/aromatic N) is 1. The number of aryl methyl sites for hydroxylation is 1. The normalized spacial score (nSPS) is 25.1. The highest BCUT2D eigenvalue weighted by Gasteiger charge is 2.31. The maximum Gasteiger partial charge on any atom is 0.125 e. The fourth-order valence-corrected chi connectivity index (χ4v) is 2.77. The van der Waals surface area contributed by atoms with Gasteiger partial charge < -0.3 is 15.3 Å². The summed E-state index contributed by atoms with van der Waals surface area (Å²) in [7, 11) is 2.10. The van der Waals surface area contributed by atoms with Crippen LogP contribution in [-0.2, 0) is 0 Å². The van der Waals surface area contributed by atoms with Gasteiger partial charge in [-0.1, -0.05) is 0 Å². The van der Waals surface area contributed by atoms with Gasteiger partial charge in [-0.05, 0) is 63.5 Å². The Morgan fingerprint density at radius 1 is 1.32 bits per heavy atom. The number of nitrogens with one attached hydrogen (secondary N) is 1. The zero-order valence-corrected chi connectivity index (χ0v) is 11.7. The molecule has 106 valence electrons. The second-order valence-corrected chi connectivity index (χ2v) is 5.74. The topological polar surface area (TPSA) is 35.5 Å². The zero-order chi connectivity index (χ0) is 13.9. The average Bonchev–Trinajstić information content (AvgIpc) is 2.51. The lowest BCUT2D eigenvalue weighted by Crippen LogP contribution is -2.43. The van der Waals surface area contributed by atoms with Crippen molar-refractivity contribution in [3.8, 4) is 0 Å². The van der Waals surface area contributed by atoms with Crippen molar-refractivity contribution in [3.63, 3.8) is 0 Å². The van der Waals surface area contributed by atoms with Crippen molar-refractivity contribution in [2.24, 2.45) is 0 Å². The van der Waals surface area contributed by atoms with Crippen molar-refractivity contribution in [1.29, 1.82) is 0 Å². The van der Waals surface area contributed by atoms with Crippen molar-refractivity contribution in [3.05, 3.63) is 29.6 Å². The van der Waals surface area contributed by atoms with Gasteiger partial charge in [-0.15, -0.1) is 0 Å². The molecule has 1 heterocycles. The molecule has 1 aromatic carbocycles. The van der Waals surface area contributed by atoms with Crippen molar-refractivity contribution < 1.29 is 9.50 Å². The van der Waals surface area contributed by atoms with Gasteiger partial charge in [-0.25, -0.2) is 4.39 Å². The summed E-state index contributed by atoms with van der Waals surface area (Å²) in [6.45, 7) is 3.95. The molecule has 0 aliphatic carbocycles. The van der Waals surface area contributed by atoms with Gasteiger partial charge in [-0.2, -0.15) is 0 Å². The van der Waals surface area contributed by atoms with Gasteiger partial charge in [-0.3, -0.25) is 0 Å². The number of hydrogen-bond acceptors (Lipinski definition) is 3. The summed E-state index contributed by atoms with van der Waals surface area (Å²) in [5.41, 5.74) is 1.32. The second kappa shape index (κ2) is 5.88. The Hall–Kier alpha value is -1.13. The molecule has 4 heteroatoms. The summed E-state index contributed by atoms with van der Waals surface area (Å²) < 4.78 is 13.4. The molecular formula is C15H23FN2O. The van der Waals surface area contributed by atoms with Crippen LogP contribution in [0.4, 0.5) is 10.1 Å². The number of aliphatic hydroxyl groups excluding tert-OH is 1. The third-order valence-corrected chi connectivity index (χ3v) is 3.92. The first-order valence-corrected chi connectivity index (χ1v) is 6.88. The monoisotopic (exact) mass is 266 g/mol. The third-order valence-electron chi connectivity index (χ3n) is 3.92. The van der Waals surface area contributed by atoms with E-state index >= 15 is 0 Å². The van der Waals surface area contributed by atoms with Crippen LogP contribution in [0.25, 0.3) is 0 Å². The van der Waals surface area contributed by atoms with Crippen LogP contribution in [0.15, 0.2) is 18.2 Å². The molecule has 0 bridgehead atoms. The van der Waals surface area contributed by atoms with E-state index in [9.17, 15) is 9.50 Å². The van der Waals surface area contributed by atoms with Crippen LogP contribution in [0, 0.1) is 12.7 Å². The lowest BCUT2D eigenvalue weighted by Gasteiger charge is -2.33. The fraction of sp³-hybridized carbons (Fsp3) is 0.600. The standard InChI is InChI=1S/C15H23FN2O/c1-12-8-13(16)10-14(9-12)17-15(11-19)4-3-6-18(2)7-5-15/h8-10,17,19H,3-7,11H2,1-2H3. The minimum absolute atomic E-state index is 0.0798. The van der Waals surface area contributed by atoms with Crippen LogP contribution in [0.5, 0.6) is 0 Å². The quantitative estimate of drug-likeness (QED) is 0.882. The Bertz CT molecular complexity index is 418. The van der Waals surface area contributed by atoms with E-state index in [0.29, 0.717) is 0 Å². The number of likely N-dealkylation sites (tertiary alicyclic amines) is 1. The van der Waals surface area contributed by atoms with Crippen molar-refractivity contribution >= 4 is 5.69 Å². The molecule has 1 saturated heterocycles. The summed E-state index contributed by atoms with van der Waals surface area (Å²) in [5, 5.41) is 13.1. The van der Waals surface area contributed by atoms with Gasteiger partial charge in [0.1, 0.15) is 5.82 Å². The maximum absolute atomic E-state index is 13.4. The van der Waals surface area contributed by atoms with E-state index in [-0.39, 0.29) is 18.0 Å². The molecule has 1 aliphatic rings. The molecule has 0 aromatic heterocycles. The number of rotatable bonds is 3. The maximum atomic E-state index is 13.4. The molecule has 2 rings (SSSR count). The highest BCUT2D eigenvalue weighted by Crippen LogP contribution is 2.27. The highest BCUT2D eigenvalue weighted by molar-refractivity contribution is 5.48. The smallest absolute Gasteiger partial charge is 0.125 e. The lowest BCUT2D eigenvalue weighted by atomic mass is 9.91.